The third-order valence-electron chi connectivity index (χ3n) is 3.62. The van der Waals surface area contributed by atoms with Crippen molar-refractivity contribution in [3.8, 4) is 17.2 Å². The summed E-state index contributed by atoms with van der Waals surface area (Å²) >= 11 is 0. The van der Waals surface area contributed by atoms with Crippen molar-refractivity contribution in [3.05, 3.63) is 48.0 Å². The Bertz CT molecular complexity index is 775. The molecule has 0 spiro atoms. The van der Waals surface area contributed by atoms with Crippen LogP contribution in [-0.4, -0.2) is 25.5 Å². The maximum absolute atomic E-state index is 12.1. The summed E-state index contributed by atoms with van der Waals surface area (Å²) in [4.78, 5) is 12.0. The number of ether oxygens (including phenoxy) is 3. The van der Waals surface area contributed by atoms with E-state index in [0.717, 1.165) is 5.56 Å². The molecule has 0 radical (unpaired) electrons. The van der Waals surface area contributed by atoms with Gasteiger partial charge in [0.25, 0.3) is 0 Å². The molecule has 1 heterocycles. The van der Waals surface area contributed by atoms with Gasteiger partial charge in [-0.25, -0.2) is 0 Å². The van der Waals surface area contributed by atoms with Crippen molar-refractivity contribution in [2.45, 2.75) is 19.0 Å². The second kappa shape index (κ2) is 7.55. The van der Waals surface area contributed by atoms with Crippen LogP contribution in [0, 0.1) is 0 Å². The van der Waals surface area contributed by atoms with Crippen LogP contribution in [-0.2, 0) is 11.2 Å². The molecule has 5 nitrogen and oxygen atoms in total. The van der Waals surface area contributed by atoms with E-state index in [1.807, 2.05) is 12.1 Å². The van der Waals surface area contributed by atoms with Gasteiger partial charge in [0.1, 0.15) is 5.75 Å². The van der Waals surface area contributed by atoms with Crippen LogP contribution in [0.15, 0.2) is 42.5 Å². The molecule has 1 aliphatic rings. The topological polar surface area (TPSA) is 56.8 Å². The minimum absolute atomic E-state index is 0.0840. The van der Waals surface area contributed by atoms with E-state index >= 15 is 0 Å². The van der Waals surface area contributed by atoms with Crippen molar-refractivity contribution in [2.75, 3.05) is 18.7 Å². The van der Waals surface area contributed by atoms with E-state index in [1.165, 1.54) is 24.3 Å². The molecule has 1 amide bonds. The molecule has 2 aromatic carbocycles. The highest BCUT2D eigenvalue weighted by Crippen LogP contribution is 2.32. The Morgan fingerprint density at radius 1 is 1.08 bits per heavy atom. The monoisotopic (exact) mass is 367 g/mol. The number of aryl methyl sites for hydroxylation is 1. The van der Waals surface area contributed by atoms with Crippen LogP contribution in [0.3, 0.4) is 0 Å². The fourth-order valence-electron chi connectivity index (χ4n) is 2.38. The van der Waals surface area contributed by atoms with Crippen LogP contribution < -0.4 is 19.5 Å². The maximum Gasteiger partial charge on any atom is 0.422 e. The fourth-order valence-corrected chi connectivity index (χ4v) is 2.38. The minimum Gasteiger partial charge on any atom is -0.484 e. The Morgan fingerprint density at radius 2 is 1.81 bits per heavy atom. The van der Waals surface area contributed by atoms with Gasteiger partial charge in [0.15, 0.2) is 18.1 Å². The van der Waals surface area contributed by atoms with E-state index in [1.54, 1.807) is 6.07 Å². The van der Waals surface area contributed by atoms with Crippen LogP contribution in [0.2, 0.25) is 0 Å². The zero-order valence-corrected chi connectivity index (χ0v) is 13.6. The van der Waals surface area contributed by atoms with Gasteiger partial charge < -0.3 is 19.5 Å². The van der Waals surface area contributed by atoms with Crippen molar-refractivity contribution >= 4 is 11.6 Å². The van der Waals surface area contributed by atoms with Crippen LogP contribution >= 0.6 is 0 Å². The highest BCUT2D eigenvalue weighted by atomic mass is 19.4. The molecule has 0 fully saturated rings. The number of anilines is 1. The van der Waals surface area contributed by atoms with Crippen molar-refractivity contribution in [2.24, 2.45) is 0 Å². The summed E-state index contributed by atoms with van der Waals surface area (Å²) in [6, 6.07) is 11.2. The molecule has 0 aromatic heterocycles. The summed E-state index contributed by atoms with van der Waals surface area (Å²) in [5, 5.41) is 2.69. The Balaban J connectivity index is 1.47. The molecule has 0 aliphatic carbocycles. The van der Waals surface area contributed by atoms with Gasteiger partial charge in [0.2, 0.25) is 12.7 Å². The lowest BCUT2D eigenvalue weighted by Gasteiger charge is -2.10. The largest absolute Gasteiger partial charge is 0.484 e. The van der Waals surface area contributed by atoms with Gasteiger partial charge in [-0.2, -0.15) is 13.2 Å². The third-order valence-corrected chi connectivity index (χ3v) is 3.62. The molecule has 0 bridgehead atoms. The minimum atomic E-state index is -4.39. The van der Waals surface area contributed by atoms with E-state index in [0.29, 0.717) is 23.6 Å². The first kappa shape index (κ1) is 17.9. The predicted octanol–water partition coefficient (Wildman–Crippen LogP) is 3.93. The second-order valence-corrected chi connectivity index (χ2v) is 5.66. The SMILES string of the molecule is O=C(CCc1ccc2c(c1)OCO2)Nc1ccc(OCC(F)(F)F)cc1. The molecular formula is C18H16F3NO4. The Kier molecular flexibility index (Phi) is 5.20. The maximum atomic E-state index is 12.1. The number of hydrogen-bond donors (Lipinski definition) is 1. The average molecular weight is 367 g/mol. The normalized spacial score (nSPS) is 12.7. The highest BCUT2D eigenvalue weighted by molar-refractivity contribution is 5.90. The first-order valence-electron chi connectivity index (χ1n) is 7.87. The summed E-state index contributed by atoms with van der Waals surface area (Å²) < 4.78 is 51.4. The van der Waals surface area contributed by atoms with Gasteiger partial charge in [-0.15, -0.1) is 0 Å². The zero-order chi connectivity index (χ0) is 18.6. The Morgan fingerprint density at radius 3 is 2.54 bits per heavy atom. The molecule has 8 heteroatoms. The molecule has 0 saturated heterocycles. The third kappa shape index (κ3) is 5.05. The summed E-state index contributed by atoms with van der Waals surface area (Å²) in [5.74, 6) is 1.23. The number of amides is 1. The number of nitrogens with one attached hydrogen (secondary N) is 1. The van der Waals surface area contributed by atoms with E-state index in [-0.39, 0.29) is 24.9 Å². The molecule has 3 rings (SSSR count). The molecule has 0 saturated carbocycles. The summed E-state index contributed by atoms with van der Waals surface area (Å²) in [6.45, 7) is -1.16. The number of carbonyl (C=O) groups is 1. The molecule has 1 N–H and O–H groups in total. The van der Waals surface area contributed by atoms with Crippen molar-refractivity contribution in [1.82, 2.24) is 0 Å². The van der Waals surface area contributed by atoms with Gasteiger partial charge in [0, 0.05) is 12.1 Å². The van der Waals surface area contributed by atoms with Crippen molar-refractivity contribution < 1.29 is 32.2 Å². The number of hydrogen-bond acceptors (Lipinski definition) is 4. The second-order valence-electron chi connectivity index (χ2n) is 5.66. The fraction of sp³-hybridized carbons (Fsp3) is 0.278. The Labute approximate surface area is 147 Å². The lowest BCUT2D eigenvalue weighted by atomic mass is 10.1. The predicted molar refractivity (Wildman–Crippen MR) is 87.5 cm³/mol. The van der Waals surface area contributed by atoms with Crippen LogP contribution in [0.5, 0.6) is 17.2 Å². The van der Waals surface area contributed by atoms with E-state index in [9.17, 15) is 18.0 Å². The van der Waals surface area contributed by atoms with E-state index in [2.05, 4.69) is 10.1 Å². The Hall–Kier alpha value is -2.90. The average Bonchev–Trinajstić information content (AvgIpc) is 3.06. The number of rotatable bonds is 6. The van der Waals surface area contributed by atoms with Gasteiger partial charge in [-0.1, -0.05) is 6.07 Å². The van der Waals surface area contributed by atoms with E-state index in [4.69, 9.17) is 9.47 Å². The van der Waals surface area contributed by atoms with Crippen molar-refractivity contribution in [1.29, 1.82) is 0 Å². The molecule has 2 aromatic rings. The smallest absolute Gasteiger partial charge is 0.422 e. The number of halogens is 3. The van der Waals surface area contributed by atoms with Gasteiger partial charge in [-0.3, -0.25) is 4.79 Å². The van der Waals surface area contributed by atoms with Crippen LogP contribution in [0.1, 0.15) is 12.0 Å². The van der Waals surface area contributed by atoms with E-state index < -0.39 is 12.8 Å². The lowest BCUT2D eigenvalue weighted by molar-refractivity contribution is -0.153. The summed E-state index contributed by atoms with van der Waals surface area (Å²) in [6.07, 6.45) is -3.61. The highest BCUT2D eigenvalue weighted by Gasteiger charge is 2.28. The first-order chi connectivity index (χ1) is 12.4. The number of carbonyl (C=O) groups excluding carboxylic acids is 1. The summed E-state index contributed by atoms with van der Waals surface area (Å²) in [7, 11) is 0. The number of fused-ring (bicyclic) bond motifs is 1. The van der Waals surface area contributed by atoms with Crippen LogP contribution in [0.4, 0.5) is 18.9 Å². The van der Waals surface area contributed by atoms with Crippen LogP contribution in [0.25, 0.3) is 0 Å². The standard InChI is InChI=1S/C18H16F3NO4/c19-18(20,21)10-24-14-5-3-13(4-6-14)22-17(23)8-2-12-1-7-15-16(9-12)26-11-25-15/h1,3-7,9H,2,8,10-11H2,(H,22,23). The molecular weight excluding hydrogens is 351 g/mol. The molecule has 26 heavy (non-hydrogen) atoms. The summed E-state index contributed by atoms with van der Waals surface area (Å²) in [5.41, 5.74) is 1.43. The first-order valence-corrected chi connectivity index (χ1v) is 7.87. The van der Waals surface area contributed by atoms with Gasteiger partial charge in [-0.05, 0) is 48.4 Å². The molecule has 0 atom stereocenters. The van der Waals surface area contributed by atoms with Gasteiger partial charge >= 0.3 is 6.18 Å². The van der Waals surface area contributed by atoms with Crippen molar-refractivity contribution in [3.63, 3.8) is 0 Å². The zero-order valence-electron chi connectivity index (χ0n) is 13.6. The lowest BCUT2D eigenvalue weighted by Crippen LogP contribution is -2.19. The number of alkyl halides is 3. The molecule has 0 unspecified atom stereocenters. The number of benzene rings is 2. The molecule has 138 valence electrons. The molecule has 1 aliphatic heterocycles. The quantitative estimate of drug-likeness (QED) is 0.841. The van der Waals surface area contributed by atoms with Gasteiger partial charge in [0.05, 0.1) is 0 Å².